The summed E-state index contributed by atoms with van der Waals surface area (Å²) in [5.74, 6) is -0.641. The minimum Gasteiger partial charge on any atom is -0.481 e. The summed E-state index contributed by atoms with van der Waals surface area (Å²) >= 11 is 0. The summed E-state index contributed by atoms with van der Waals surface area (Å²) in [6.45, 7) is -0.308. The molecule has 0 fully saturated rings. The average molecular weight is 292 g/mol. The minimum absolute atomic E-state index is 0.0594. The predicted molar refractivity (Wildman–Crippen MR) is 59.4 cm³/mol. The zero-order chi connectivity index (χ0) is 14.8. The zero-order valence-electron chi connectivity index (χ0n) is 10.1. The molecule has 20 heavy (non-hydrogen) atoms. The number of carbonyl (C=O) groups is 1. The molecule has 1 atom stereocenters. The van der Waals surface area contributed by atoms with Crippen LogP contribution in [0.25, 0.3) is 0 Å². The Morgan fingerprint density at radius 2 is 2.05 bits per heavy atom. The molecule has 8 heteroatoms. The van der Waals surface area contributed by atoms with Gasteiger partial charge in [-0.3, -0.25) is 4.79 Å². The van der Waals surface area contributed by atoms with Crippen molar-refractivity contribution in [2.24, 2.45) is 0 Å². The summed E-state index contributed by atoms with van der Waals surface area (Å²) in [5.41, 5.74) is 0.439. The second-order valence-electron chi connectivity index (χ2n) is 4.13. The van der Waals surface area contributed by atoms with Crippen LogP contribution in [0.3, 0.4) is 0 Å². The smallest absolute Gasteiger partial charge is 0.415 e. The maximum Gasteiger partial charge on any atom is 0.415 e. The molecule has 0 aromatic heterocycles. The van der Waals surface area contributed by atoms with Crippen molar-refractivity contribution in [3.63, 3.8) is 0 Å². The van der Waals surface area contributed by atoms with Crippen LogP contribution < -0.4 is 9.47 Å². The van der Waals surface area contributed by atoms with Gasteiger partial charge in [0.1, 0.15) is 0 Å². The van der Waals surface area contributed by atoms with E-state index in [1.54, 1.807) is 6.07 Å². The molecule has 5 nitrogen and oxygen atoms in total. The third-order valence-electron chi connectivity index (χ3n) is 2.61. The number of carboxylic acid groups (broad SMARTS) is 1. The van der Waals surface area contributed by atoms with Gasteiger partial charge >= 0.3 is 12.1 Å². The highest BCUT2D eigenvalue weighted by Crippen LogP contribution is 2.33. The van der Waals surface area contributed by atoms with Crippen LogP contribution in [0.2, 0.25) is 0 Å². The van der Waals surface area contributed by atoms with Gasteiger partial charge in [0, 0.05) is 0 Å². The van der Waals surface area contributed by atoms with E-state index in [0.29, 0.717) is 17.1 Å². The van der Waals surface area contributed by atoms with Gasteiger partial charge in [-0.2, -0.15) is 13.2 Å². The lowest BCUT2D eigenvalue weighted by Crippen LogP contribution is -2.33. The van der Waals surface area contributed by atoms with Crippen LogP contribution >= 0.6 is 0 Å². The quantitative estimate of drug-likeness (QED) is 0.902. The predicted octanol–water partition coefficient (Wildman–Crippen LogP) is 2.34. The molecule has 0 saturated carbocycles. The number of rotatable bonds is 5. The Bertz CT molecular complexity index is 500. The highest BCUT2D eigenvalue weighted by molar-refractivity contribution is 5.67. The first kappa shape index (κ1) is 14.4. The number of halogens is 3. The van der Waals surface area contributed by atoms with Gasteiger partial charge in [0.2, 0.25) is 6.79 Å². The lowest BCUT2D eigenvalue weighted by atomic mass is 10.2. The van der Waals surface area contributed by atoms with Crippen LogP contribution in [0.4, 0.5) is 13.2 Å². The Labute approximate surface area is 111 Å². The van der Waals surface area contributed by atoms with Crippen LogP contribution in [-0.4, -0.2) is 30.1 Å². The van der Waals surface area contributed by atoms with Crippen molar-refractivity contribution in [1.29, 1.82) is 0 Å². The Kier molecular flexibility index (Phi) is 4.03. The molecule has 1 N–H and O–H groups in total. The fourth-order valence-electron chi connectivity index (χ4n) is 1.66. The number of fused-ring (bicyclic) bond motifs is 1. The summed E-state index contributed by atoms with van der Waals surface area (Å²) in [6.07, 6.45) is -8.20. The van der Waals surface area contributed by atoms with Gasteiger partial charge < -0.3 is 19.3 Å². The van der Waals surface area contributed by atoms with Gasteiger partial charge in [0.15, 0.2) is 17.6 Å². The Morgan fingerprint density at radius 3 is 2.70 bits per heavy atom. The van der Waals surface area contributed by atoms with Gasteiger partial charge in [0.25, 0.3) is 0 Å². The Morgan fingerprint density at radius 1 is 1.35 bits per heavy atom. The first-order chi connectivity index (χ1) is 9.36. The molecule has 0 radical (unpaired) electrons. The van der Waals surface area contributed by atoms with Crippen LogP contribution in [0, 0.1) is 0 Å². The number of hydrogen-bond donors (Lipinski definition) is 1. The van der Waals surface area contributed by atoms with E-state index in [2.05, 4.69) is 4.74 Å². The van der Waals surface area contributed by atoms with Gasteiger partial charge in [-0.15, -0.1) is 0 Å². The highest BCUT2D eigenvalue weighted by atomic mass is 19.4. The standard InChI is InChI=1S/C12H11F3O5/c13-12(14,15)10(4-11(16)17)18-5-7-1-2-8-9(3-7)20-6-19-8/h1-3,10H,4-6H2,(H,16,17). The lowest BCUT2D eigenvalue weighted by Gasteiger charge is -2.19. The van der Waals surface area contributed by atoms with Crippen LogP contribution in [0.1, 0.15) is 12.0 Å². The maximum atomic E-state index is 12.6. The normalized spacial score (nSPS) is 15.2. The molecule has 0 saturated heterocycles. The fraction of sp³-hybridized carbons (Fsp3) is 0.417. The molecule has 1 aromatic carbocycles. The monoisotopic (exact) mass is 292 g/mol. The van der Waals surface area contributed by atoms with Gasteiger partial charge in [0.05, 0.1) is 13.0 Å². The summed E-state index contributed by atoms with van der Waals surface area (Å²) in [5, 5.41) is 8.45. The maximum absolute atomic E-state index is 12.6. The van der Waals surface area contributed by atoms with E-state index in [4.69, 9.17) is 14.6 Å². The van der Waals surface area contributed by atoms with Crippen molar-refractivity contribution in [2.75, 3.05) is 6.79 Å². The van der Waals surface area contributed by atoms with E-state index in [9.17, 15) is 18.0 Å². The molecule has 1 aliphatic rings. The fourth-order valence-corrected chi connectivity index (χ4v) is 1.66. The van der Waals surface area contributed by atoms with E-state index in [1.807, 2.05) is 0 Å². The molecule has 1 aliphatic heterocycles. The summed E-state index contributed by atoms with van der Waals surface area (Å²) in [6, 6.07) is 4.58. The van der Waals surface area contributed by atoms with Gasteiger partial charge in [-0.05, 0) is 17.7 Å². The first-order valence-corrected chi connectivity index (χ1v) is 5.65. The molecule has 1 heterocycles. The second-order valence-corrected chi connectivity index (χ2v) is 4.13. The molecular formula is C12H11F3O5. The van der Waals surface area contributed by atoms with E-state index in [-0.39, 0.29) is 13.4 Å². The SMILES string of the molecule is O=C(O)CC(OCc1ccc2c(c1)OCO2)C(F)(F)F. The zero-order valence-corrected chi connectivity index (χ0v) is 10.1. The molecule has 1 aromatic rings. The molecule has 1 unspecified atom stereocenters. The minimum atomic E-state index is -4.73. The van der Waals surface area contributed by atoms with Gasteiger partial charge in [-0.1, -0.05) is 6.07 Å². The molecule has 0 bridgehead atoms. The molecule has 2 rings (SSSR count). The van der Waals surface area contributed by atoms with Crippen LogP contribution in [0.5, 0.6) is 11.5 Å². The van der Waals surface area contributed by atoms with E-state index in [1.165, 1.54) is 12.1 Å². The van der Waals surface area contributed by atoms with Crippen molar-refractivity contribution in [1.82, 2.24) is 0 Å². The summed E-state index contributed by atoms with van der Waals surface area (Å²) < 4.78 is 52.5. The third-order valence-corrected chi connectivity index (χ3v) is 2.61. The van der Waals surface area contributed by atoms with Crippen molar-refractivity contribution < 1.29 is 37.3 Å². The number of ether oxygens (including phenoxy) is 3. The number of carboxylic acids is 1. The molecule has 0 spiro atoms. The largest absolute Gasteiger partial charge is 0.481 e. The topological polar surface area (TPSA) is 65.0 Å². The summed E-state index contributed by atoms with van der Waals surface area (Å²) in [4.78, 5) is 10.4. The Balaban J connectivity index is 2.00. The number of hydrogen-bond acceptors (Lipinski definition) is 4. The molecule has 0 amide bonds. The van der Waals surface area contributed by atoms with Crippen LogP contribution in [0.15, 0.2) is 18.2 Å². The number of alkyl halides is 3. The first-order valence-electron chi connectivity index (χ1n) is 5.65. The lowest BCUT2D eigenvalue weighted by molar-refractivity contribution is -0.227. The van der Waals surface area contributed by atoms with Gasteiger partial charge in [-0.25, -0.2) is 0 Å². The molecule has 110 valence electrons. The van der Waals surface area contributed by atoms with E-state index < -0.39 is 24.7 Å². The molecular weight excluding hydrogens is 281 g/mol. The van der Waals surface area contributed by atoms with Crippen molar-refractivity contribution in [3.8, 4) is 11.5 Å². The highest BCUT2D eigenvalue weighted by Gasteiger charge is 2.42. The summed E-state index contributed by atoms with van der Waals surface area (Å²) in [7, 11) is 0. The van der Waals surface area contributed by atoms with E-state index >= 15 is 0 Å². The van der Waals surface area contributed by atoms with Crippen molar-refractivity contribution in [2.45, 2.75) is 25.3 Å². The molecule has 0 aliphatic carbocycles. The average Bonchev–Trinajstić information content (AvgIpc) is 2.79. The Hall–Kier alpha value is -1.96. The third kappa shape index (κ3) is 3.53. The number of benzene rings is 1. The van der Waals surface area contributed by atoms with E-state index in [0.717, 1.165) is 0 Å². The van der Waals surface area contributed by atoms with Crippen LogP contribution in [-0.2, 0) is 16.1 Å². The second kappa shape index (κ2) is 5.58. The number of aliphatic carboxylic acids is 1. The van der Waals surface area contributed by atoms with Crippen molar-refractivity contribution >= 4 is 5.97 Å². The van der Waals surface area contributed by atoms with Crippen molar-refractivity contribution in [3.05, 3.63) is 23.8 Å².